The molecule has 4 aromatic rings. The van der Waals surface area contributed by atoms with Crippen LogP contribution in [0.4, 0.5) is 19.0 Å². The fourth-order valence-corrected chi connectivity index (χ4v) is 4.32. The van der Waals surface area contributed by atoms with Crippen molar-refractivity contribution in [3.05, 3.63) is 53.9 Å². The van der Waals surface area contributed by atoms with E-state index in [1.807, 2.05) is 18.2 Å². The summed E-state index contributed by atoms with van der Waals surface area (Å²) in [5.41, 5.74) is 7.45. The van der Waals surface area contributed by atoms with Gasteiger partial charge in [-0.15, -0.1) is 0 Å². The number of fused-ring (bicyclic) bond motifs is 1. The average Bonchev–Trinajstić information content (AvgIpc) is 3.23. The highest BCUT2D eigenvalue weighted by molar-refractivity contribution is 5.70. The van der Waals surface area contributed by atoms with Gasteiger partial charge in [-0.05, 0) is 62.8 Å². The summed E-state index contributed by atoms with van der Waals surface area (Å²) in [5, 5.41) is 4.69. The van der Waals surface area contributed by atoms with Gasteiger partial charge in [0.2, 0.25) is 0 Å². The predicted molar refractivity (Wildman–Crippen MR) is 140 cm³/mol. The lowest BCUT2D eigenvalue weighted by molar-refractivity contribution is -0.137. The van der Waals surface area contributed by atoms with E-state index in [1.54, 1.807) is 26.2 Å². The Bertz CT molecular complexity index is 1420. The van der Waals surface area contributed by atoms with E-state index in [9.17, 15) is 13.2 Å². The van der Waals surface area contributed by atoms with Gasteiger partial charge in [-0.2, -0.15) is 18.3 Å². The molecular weight excluding hydrogens is 497 g/mol. The summed E-state index contributed by atoms with van der Waals surface area (Å²) in [6.07, 6.45) is -2.44. The number of aryl methyl sites for hydroxylation is 1. The van der Waals surface area contributed by atoms with E-state index < -0.39 is 17.6 Å². The maximum absolute atomic E-state index is 13.5. The number of nitrogens with two attached hydrogens (primary N) is 1. The lowest BCUT2D eigenvalue weighted by Crippen LogP contribution is -2.25. The minimum Gasteiger partial charge on any atom is -0.493 e. The molecule has 3 heterocycles. The molecule has 0 aliphatic rings. The zero-order valence-electron chi connectivity index (χ0n) is 21.8. The second-order valence-corrected chi connectivity index (χ2v) is 8.78. The molecule has 3 aromatic heterocycles. The quantitative estimate of drug-likeness (QED) is 0.272. The molecule has 1 aromatic carbocycles. The highest BCUT2D eigenvalue weighted by atomic mass is 19.4. The van der Waals surface area contributed by atoms with Crippen molar-refractivity contribution in [1.29, 1.82) is 0 Å². The first-order chi connectivity index (χ1) is 18.2. The number of hydrogen-bond donors (Lipinski definition) is 1. The zero-order chi connectivity index (χ0) is 27.4. The number of anilines is 1. The number of ether oxygens (including phenoxy) is 2. The largest absolute Gasteiger partial charge is 0.493 e. The zero-order valence-corrected chi connectivity index (χ0v) is 21.8. The third kappa shape index (κ3) is 5.67. The van der Waals surface area contributed by atoms with Crippen molar-refractivity contribution in [3.8, 4) is 34.0 Å². The lowest BCUT2D eigenvalue weighted by Gasteiger charge is -2.18. The number of alkyl halides is 3. The molecule has 0 radical (unpaired) electrons. The summed E-state index contributed by atoms with van der Waals surface area (Å²) in [7, 11) is 1.57. The summed E-state index contributed by atoms with van der Waals surface area (Å²) in [5.74, 6) is 0.610. The van der Waals surface area contributed by atoms with Gasteiger partial charge >= 0.3 is 6.18 Å². The van der Waals surface area contributed by atoms with Gasteiger partial charge in [-0.1, -0.05) is 13.8 Å². The molecule has 38 heavy (non-hydrogen) atoms. The number of pyridine rings is 1. The molecule has 0 saturated heterocycles. The molecule has 0 spiro atoms. The highest BCUT2D eigenvalue weighted by Gasteiger charge is 2.34. The minimum absolute atomic E-state index is 0.215. The molecule has 0 amide bonds. The Morgan fingerprint density at radius 1 is 1.03 bits per heavy atom. The molecule has 2 N–H and O–H groups in total. The van der Waals surface area contributed by atoms with E-state index in [1.165, 1.54) is 10.7 Å². The number of imidazole rings is 1. The van der Waals surface area contributed by atoms with Crippen LogP contribution in [0, 0.1) is 6.92 Å². The van der Waals surface area contributed by atoms with Gasteiger partial charge in [0.1, 0.15) is 5.82 Å². The molecular formula is C27H31F3N6O2. The minimum atomic E-state index is -4.63. The Hall–Kier alpha value is -3.86. The Balaban J connectivity index is 1.64. The maximum Gasteiger partial charge on any atom is 0.419 e. The predicted octanol–water partition coefficient (Wildman–Crippen LogP) is 5.49. The number of benzene rings is 1. The van der Waals surface area contributed by atoms with Crippen LogP contribution in [0.15, 0.2) is 42.6 Å². The van der Waals surface area contributed by atoms with Gasteiger partial charge in [0, 0.05) is 23.9 Å². The maximum atomic E-state index is 13.5. The van der Waals surface area contributed by atoms with Crippen molar-refractivity contribution in [3.63, 3.8) is 0 Å². The normalized spacial score (nSPS) is 11.9. The smallest absolute Gasteiger partial charge is 0.419 e. The van der Waals surface area contributed by atoms with Crippen LogP contribution in [-0.4, -0.2) is 57.8 Å². The number of hydrogen-bond acceptors (Lipinski definition) is 7. The molecule has 0 aliphatic heterocycles. The number of halogens is 3. The van der Waals surface area contributed by atoms with Gasteiger partial charge in [-0.25, -0.2) is 14.5 Å². The third-order valence-corrected chi connectivity index (χ3v) is 6.38. The van der Waals surface area contributed by atoms with Crippen molar-refractivity contribution < 1.29 is 22.6 Å². The second kappa shape index (κ2) is 11.3. The van der Waals surface area contributed by atoms with Gasteiger partial charge < -0.3 is 20.1 Å². The molecule has 8 nitrogen and oxygen atoms in total. The first-order valence-electron chi connectivity index (χ1n) is 12.4. The van der Waals surface area contributed by atoms with Crippen molar-refractivity contribution in [1.82, 2.24) is 24.5 Å². The van der Waals surface area contributed by atoms with E-state index in [0.717, 1.165) is 37.7 Å². The summed E-state index contributed by atoms with van der Waals surface area (Å²) in [6.45, 7) is 9.50. The third-order valence-electron chi connectivity index (χ3n) is 6.38. The molecule has 0 fully saturated rings. The number of nitrogen functional groups attached to an aromatic ring is 1. The van der Waals surface area contributed by atoms with Crippen molar-refractivity contribution >= 4 is 11.5 Å². The molecule has 4 rings (SSSR count). The fraction of sp³-hybridized carbons (Fsp3) is 0.370. The molecule has 11 heteroatoms. The Morgan fingerprint density at radius 3 is 2.47 bits per heavy atom. The van der Waals surface area contributed by atoms with Crippen LogP contribution in [0.2, 0.25) is 0 Å². The van der Waals surface area contributed by atoms with E-state index in [2.05, 4.69) is 33.8 Å². The first kappa shape index (κ1) is 27.2. The monoisotopic (exact) mass is 528 g/mol. The van der Waals surface area contributed by atoms with Crippen LogP contribution in [0.5, 0.6) is 11.5 Å². The topological polar surface area (TPSA) is 90.8 Å². The van der Waals surface area contributed by atoms with Crippen LogP contribution in [-0.2, 0) is 6.18 Å². The number of methoxy groups -OCH3 is 1. The Morgan fingerprint density at radius 2 is 1.79 bits per heavy atom. The summed E-state index contributed by atoms with van der Waals surface area (Å²) < 4.78 is 53.4. The summed E-state index contributed by atoms with van der Waals surface area (Å²) in [6, 6.07) is 10.1. The lowest BCUT2D eigenvalue weighted by atomic mass is 10.1. The Labute approximate surface area is 219 Å². The van der Waals surface area contributed by atoms with Crippen LogP contribution >= 0.6 is 0 Å². The number of aromatic nitrogens is 4. The van der Waals surface area contributed by atoms with Crippen LogP contribution in [0.1, 0.15) is 31.5 Å². The molecule has 0 bridgehead atoms. The first-order valence-corrected chi connectivity index (χ1v) is 12.4. The molecule has 202 valence electrons. The van der Waals surface area contributed by atoms with Gasteiger partial charge in [0.25, 0.3) is 0 Å². The van der Waals surface area contributed by atoms with E-state index in [0.29, 0.717) is 40.8 Å². The molecule has 0 saturated carbocycles. The van der Waals surface area contributed by atoms with Gasteiger partial charge in [0.05, 0.1) is 36.4 Å². The fourth-order valence-electron chi connectivity index (χ4n) is 4.32. The molecule has 0 atom stereocenters. The van der Waals surface area contributed by atoms with Crippen molar-refractivity contribution in [2.45, 2.75) is 33.4 Å². The SMILES string of the molecule is CCN(CC)CCCOc1ccc(-c2ccc3nc(C)c(-c4cnc(N)c(C(F)(F)F)c4)n3n2)cc1OC. The number of nitrogens with zero attached hydrogens (tertiary/aromatic N) is 5. The van der Waals surface area contributed by atoms with Crippen LogP contribution in [0.25, 0.3) is 28.2 Å². The van der Waals surface area contributed by atoms with E-state index in [4.69, 9.17) is 15.2 Å². The number of rotatable bonds is 10. The standard InChI is InChI=1S/C27H31F3N6O2/c1-5-35(6-2)12-7-13-38-22-10-8-18(15-23(22)37-4)21-9-11-24-33-17(3)25(36(24)34-21)19-14-20(27(28,29)30)26(31)32-16-19/h8-11,14-16H,5-7,12-13H2,1-4H3,(H2,31,32). The highest BCUT2D eigenvalue weighted by Crippen LogP contribution is 2.36. The van der Waals surface area contributed by atoms with Gasteiger partial charge in [0.15, 0.2) is 17.1 Å². The second-order valence-electron chi connectivity index (χ2n) is 8.78. The van der Waals surface area contributed by atoms with E-state index in [-0.39, 0.29) is 5.56 Å². The van der Waals surface area contributed by atoms with Crippen molar-refractivity contribution in [2.24, 2.45) is 0 Å². The van der Waals surface area contributed by atoms with E-state index >= 15 is 0 Å². The van der Waals surface area contributed by atoms with Crippen molar-refractivity contribution in [2.75, 3.05) is 39.1 Å². The summed E-state index contributed by atoms with van der Waals surface area (Å²) in [4.78, 5) is 10.6. The van der Waals surface area contributed by atoms with Crippen LogP contribution in [0.3, 0.4) is 0 Å². The van der Waals surface area contributed by atoms with Crippen LogP contribution < -0.4 is 15.2 Å². The Kier molecular flexibility index (Phi) is 8.05. The summed E-state index contributed by atoms with van der Waals surface area (Å²) >= 11 is 0. The average molecular weight is 529 g/mol. The van der Waals surface area contributed by atoms with Gasteiger partial charge in [-0.3, -0.25) is 0 Å². The molecule has 0 unspecified atom stereocenters. The molecule has 0 aliphatic carbocycles.